The Morgan fingerprint density at radius 2 is 1.79 bits per heavy atom. The number of nitrogens with zero attached hydrogens (tertiary/aromatic N) is 2. The van der Waals surface area contributed by atoms with Crippen LogP contribution in [0.15, 0.2) is 54.7 Å². The molecule has 6 nitrogen and oxygen atoms in total. The molecular formula is C18H18N6. The molecule has 0 aliphatic rings. The van der Waals surface area contributed by atoms with Crippen LogP contribution in [0.5, 0.6) is 0 Å². The number of hydrogen-bond acceptors (Lipinski definition) is 6. The zero-order valence-corrected chi connectivity index (χ0v) is 13.2. The van der Waals surface area contributed by atoms with E-state index in [4.69, 9.17) is 16.9 Å². The lowest BCUT2D eigenvalue weighted by Gasteiger charge is -2.12. The normalized spacial score (nSPS) is 10.4. The van der Waals surface area contributed by atoms with E-state index in [2.05, 4.69) is 15.3 Å². The van der Waals surface area contributed by atoms with Crippen molar-refractivity contribution >= 4 is 28.9 Å². The highest BCUT2D eigenvalue weighted by Crippen LogP contribution is 2.23. The second-order valence-corrected chi connectivity index (χ2v) is 5.47. The summed E-state index contributed by atoms with van der Waals surface area (Å²) in [5.41, 5.74) is 16.0. The first-order valence-corrected chi connectivity index (χ1v) is 7.44. The molecule has 0 spiro atoms. The number of anilines is 4. The van der Waals surface area contributed by atoms with E-state index in [0.29, 0.717) is 22.8 Å². The number of benzene rings is 2. The third-order valence-electron chi connectivity index (χ3n) is 3.61. The van der Waals surface area contributed by atoms with Crippen molar-refractivity contribution in [1.29, 1.82) is 5.41 Å². The van der Waals surface area contributed by atoms with Gasteiger partial charge in [0.25, 0.3) is 0 Å². The summed E-state index contributed by atoms with van der Waals surface area (Å²) in [6, 6.07) is 14.9. The van der Waals surface area contributed by atoms with Gasteiger partial charge in [0.1, 0.15) is 5.82 Å². The number of nitrogens with two attached hydrogens (primary N) is 2. The minimum absolute atomic E-state index is 0.197. The van der Waals surface area contributed by atoms with Gasteiger partial charge in [-0.05, 0) is 31.2 Å². The number of nitrogen functional groups attached to an aromatic ring is 2. The summed E-state index contributed by atoms with van der Waals surface area (Å²) in [5, 5.41) is 11.6. The fourth-order valence-corrected chi connectivity index (χ4v) is 2.32. The Balaban J connectivity index is 1.91. The average Bonchev–Trinajstić information content (AvgIpc) is 2.57. The number of nitrogens with one attached hydrogen (secondary N) is 2. The predicted molar refractivity (Wildman–Crippen MR) is 97.7 cm³/mol. The highest BCUT2D eigenvalue weighted by Gasteiger charge is 2.10. The van der Waals surface area contributed by atoms with E-state index < -0.39 is 0 Å². The second kappa shape index (κ2) is 6.37. The fourth-order valence-electron chi connectivity index (χ4n) is 2.32. The Labute approximate surface area is 140 Å². The zero-order valence-electron chi connectivity index (χ0n) is 13.2. The van der Waals surface area contributed by atoms with E-state index in [9.17, 15) is 0 Å². The van der Waals surface area contributed by atoms with Crippen LogP contribution in [-0.4, -0.2) is 15.7 Å². The van der Waals surface area contributed by atoms with Crippen LogP contribution in [0, 0.1) is 12.3 Å². The van der Waals surface area contributed by atoms with Crippen LogP contribution in [0.1, 0.15) is 16.7 Å². The number of rotatable bonds is 4. The van der Waals surface area contributed by atoms with Gasteiger partial charge in [-0.3, -0.25) is 5.41 Å². The molecule has 6 N–H and O–H groups in total. The molecule has 1 aromatic heterocycles. The van der Waals surface area contributed by atoms with Crippen molar-refractivity contribution in [3.8, 4) is 0 Å². The SMILES string of the molecule is Cc1ccc(C(=N)c2cc(Nc3ccnc(N)n3)ccc2N)cc1. The standard InChI is InChI=1S/C18H18N6/c1-11-2-4-12(5-3-11)17(20)14-10-13(6-7-15(14)19)23-16-8-9-22-18(21)24-16/h2-10,20H,19H2,1H3,(H3,21,22,23,24). The fraction of sp³-hybridized carbons (Fsp3) is 0.0556. The maximum Gasteiger partial charge on any atom is 0.221 e. The minimum atomic E-state index is 0.197. The van der Waals surface area contributed by atoms with Crippen molar-refractivity contribution in [2.75, 3.05) is 16.8 Å². The first-order chi connectivity index (χ1) is 11.5. The first kappa shape index (κ1) is 15.5. The van der Waals surface area contributed by atoms with Crippen LogP contribution in [0.3, 0.4) is 0 Å². The third-order valence-corrected chi connectivity index (χ3v) is 3.61. The number of aryl methyl sites for hydroxylation is 1. The molecule has 1 heterocycles. The Hall–Kier alpha value is -3.41. The van der Waals surface area contributed by atoms with Crippen LogP contribution in [-0.2, 0) is 0 Å². The van der Waals surface area contributed by atoms with Crippen LogP contribution in [0.4, 0.5) is 23.1 Å². The quantitative estimate of drug-likeness (QED) is 0.436. The van der Waals surface area contributed by atoms with Gasteiger partial charge < -0.3 is 16.8 Å². The Morgan fingerprint density at radius 1 is 1.04 bits per heavy atom. The van der Waals surface area contributed by atoms with Crippen molar-refractivity contribution < 1.29 is 0 Å². The molecule has 120 valence electrons. The molecule has 0 amide bonds. The maximum atomic E-state index is 8.44. The molecule has 3 aromatic rings. The van der Waals surface area contributed by atoms with E-state index in [1.807, 2.05) is 43.3 Å². The van der Waals surface area contributed by atoms with Crippen LogP contribution < -0.4 is 16.8 Å². The lowest BCUT2D eigenvalue weighted by atomic mass is 9.99. The van der Waals surface area contributed by atoms with Crippen molar-refractivity contribution in [3.05, 3.63) is 71.4 Å². The molecule has 3 rings (SSSR count). The van der Waals surface area contributed by atoms with E-state index in [1.165, 1.54) is 0 Å². The third kappa shape index (κ3) is 3.33. The van der Waals surface area contributed by atoms with Gasteiger partial charge in [-0.15, -0.1) is 0 Å². The summed E-state index contributed by atoms with van der Waals surface area (Å²) in [7, 11) is 0. The summed E-state index contributed by atoms with van der Waals surface area (Å²) in [6.07, 6.45) is 1.58. The average molecular weight is 318 g/mol. The maximum absolute atomic E-state index is 8.44. The molecular weight excluding hydrogens is 300 g/mol. The first-order valence-electron chi connectivity index (χ1n) is 7.44. The number of hydrogen-bond donors (Lipinski definition) is 4. The van der Waals surface area contributed by atoms with Crippen LogP contribution in [0.25, 0.3) is 0 Å². The van der Waals surface area contributed by atoms with Crippen molar-refractivity contribution in [1.82, 2.24) is 9.97 Å². The smallest absolute Gasteiger partial charge is 0.221 e. The zero-order chi connectivity index (χ0) is 17.1. The van der Waals surface area contributed by atoms with Crippen molar-refractivity contribution in [2.45, 2.75) is 6.92 Å². The molecule has 0 unspecified atom stereocenters. The summed E-state index contributed by atoms with van der Waals surface area (Å²) < 4.78 is 0. The van der Waals surface area contributed by atoms with Gasteiger partial charge in [0.05, 0.1) is 5.71 Å². The van der Waals surface area contributed by atoms with Crippen molar-refractivity contribution in [3.63, 3.8) is 0 Å². The highest BCUT2D eigenvalue weighted by molar-refractivity contribution is 6.14. The molecule has 0 bridgehead atoms. The molecule has 0 aliphatic heterocycles. The van der Waals surface area contributed by atoms with Gasteiger partial charge in [-0.1, -0.05) is 29.8 Å². The topological polar surface area (TPSA) is 114 Å². The van der Waals surface area contributed by atoms with E-state index in [0.717, 1.165) is 16.8 Å². The Kier molecular flexibility index (Phi) is 4.11. The van der Waals surface area contributed by atoms with Gasteiger partial charge in [0.15, 0.2) is 0 Å². The molecule has 0 aliphatic carbocycles. The molecule has 0 saturated heterocycles. The largest absolute Gasteiger partial charge is 0.398 e. The number of aromatic nitrogens is 2. The molecule has 0 atom stereocenters. The summed E-state index contributed by atoms with van der Waals surface area (Å²) >= 11 is 0. The minimum Gasteiger partial charge on any atom is -0.398 e. The molecule has 24 heavy (non-hydrogen) atoms. The monoisotopic (exact) mass is 318 g/mol. The van der Waals surface area contributed by atoms with E-state index in [-0.39, 0.29) is 5.95 Å². The van der Waals surface area contributed by atoms with Gasteiger partial charge in [-0.25, -0.2) is 4.98 Å². The molecule has 6 heteroatoms. The Bertz CT molecular complexity index is 886. The Morgan fingerprint density at radius 3 is 2.50 bits per heavy atom. The van der Waals surface area contributed by atoms with E-state index >= 15 is 0 Å². The van der Waals surface area contributed by atoms with Gasteiger partial charge in [-0.2, -0.15) is 4.98 Å². The lowest BCUT2D eigenvalue weighted by molar-refractivity contribution is 1.18. The van der Waals surface area contributed by atoms with Gasteiger partial charge in [0, 0.05) is 28.7 Å². The highest BCUT2D eigenvalue weighted by atomic mass is 15.1. The molecule has 0 fully saturated rings. The molecule has 0 radical (unpaired) electrons. The molecule has 0 saturated carbocycles. The summed E-state index contributed by atoms with van der Waals surface area (Å²) in [4.78, 5) is 7.96. The second-order valence-electron chi connectivity index (χ2n) is 5.47. The lowest BCUT2D eigenvalue weighted by Crippen LogP contribution is -2.07. The van der Waals surface area contributed by atoms with E-state index in [1.54, 1.807) is 18.3 Å². The van der Waals surface area contributed by atoms with Crippen LogP contribution in [0.2, 0.25) is 0 Å². The molecule has 2 aromatic carbocycles. The van der Waals surface area contributed by atoms with Gasteiger partial charge in [0.2, 0.25) is 5.95 Å². The van der Waals surface area contributed by atoms with Gasteiger partial charge >= 0.3 is 0 Å². The summed E-state index contributed by atoms with van der Waals surface area (Å²) in [5.74, 6) is 0.781. The predicted octanol–water partition coefficient (Wildman–Crippen LogP) is 3.11. The summed E-state index contributed by atoms with van der Waals surface area (Å²) in [6.45, 7) is 2.01. The van der Waals surface area contributed by atoms with Crippen LogP contribution >= 0.6 is 0 Å². The van der Waals surface area contributed by atoms with Crippen molar-refractivity contribution in [2.24, 2.45) is 0 Å².